The third-order valence-corrected chi connectivity index (χ3v) is 4.64. The van der Waals surface area contributed by atoms with Crippen LogP contribution in [-0.2, 0) is 6.54 Å². The minimum atomic E-state index is 0.460. The molecule has 0 radical (unpaired) electrons. The molecule has 0 aliphatic heterocycles. The van der Waals surface area contributed by atoms with E-state index in [1.807, 2.05) is 36.2 Å². The molecule has 0 bridgehead atoms. The first-order valence-corrected chi connectivity index (χ1v) is 7.77. The second kappa shape index (κ2) is 5.38. The lowest BCUT2D eigenvalue weighted by Crippen LogP contribution is -2.19. The molecule has 2 aromatic heterocycles. The first kappa shape index (κ1) is 13.3. The number of aromatic nitrogens is 2. The molecule has 2 N–H and O–H groups in total. The fourth-order valence-corrected chi connectivity index (χ4v) is 3.53. The van der Waals surface area contributed by atoms with E-state index in [1.54, 1.807) is 11.3 Å². The van der Waals surface area contributed by atoms with Crippen LogP contribution in [-0.4, -0.2) is 17.0 Å². The Morgan fingerprint density at radius 3 is 2.60 bits per heavy atom. The summed E-state index contributed by atoms with van der Waals surface area (Å²) in [5, 5.41) is 2.07. The van der Waals surface area contributed by atoms with Crippen molar-refractivity contribution in [1.29, 1.82) is 0 Å². The van der Waals surface area contributed by atoms with Gasteiger partial charge in [-0.05, 0) is 34.1 Å². The van der Waals surface area contributed by atoms with Gasteiger partial charge in [0.2, 0.25) is 0 Å². The molecular formula is C14H13BrN4S. The van der Waals surface area contributed by atoms with E-state index in [1.165, 1.54) is 4.88 Å². The van der Waals surface area contributed by atoms with Gasteiger partial charge in [0.15, 0.2) is 11.6 Å². The Hall–Kier alpha value is -1.66. The van der Waals surface area contributed by atoms with Crippen molar-refractivity contribution < 1.29 is 0 Å². The standard InChI is InChI=1S/C14H13BrN4S/c1-19(7-10-6-9(15)8-20-10)14-13(16)17-11-4-2-3-5-12(11)18-14/h2-6,8H,7H2,1H3,(H2,16,17). The largest absolute Gasteiger partial charge is 0.381 e. The van der Waals surface area contributed by atoms with E-state index in [4.69, 9.17) is 5.73 Å². The highest BCUT2D eigenvalue weighted by Crippen LogP contribution is 2.25. The Balaban J connectivity index is 1.94. The highest BCUT2D eigenvalue weighted by molar-refractivity contribution is 9.10. The number of thiophene rings is 1. The highest BCUT2D eigenvalue weighted by atomic mass is 79.9. The number of hydrogen-bond donors (Lipinski definition) is 1. The zero-order valence-corrected chi connectivity index (χ0v) is 13.3. The van der Waals surface area contributed by atoms with Gasteiger partial charge in [-0.2, -0.15) is 0 Å². The molecule has 1 aromatic carbocycles. The van der Waals surface area contributed by atoms with Crippen LogP contribution in [0.15, 0.2) is 40.2 Å². The molecule has 0 saturated heterocycles. The number of hydrogen-bond acceptors (Lipinski definition) is 5. The number of benzene rings is 1. The van der Waals surface area contributed by atoms with Gasteiger partial charge in [-0.15, -0.1) is 11.3 Å². The van der Waals surface area contributed by atoms with Crippen LogP contribution in [0, 0.1) is 0 Å². The molecule has 0 aliphatic carbocycles. The third kappa shape index (κ3) is 2.62. The molecule has 6 heteroatoms. The van der Waals surface area contributed by atoms with Crippen molar-refractivity contribution in [1.82, 2.24) is 9.97 Å². The first-order valence-electron chi connectivity index (χ1n) is 6.10. The van der Waals surface area contributed by atoms with Gasteiger partial charge < -0.3 is 10.6 Å². The molecule has 0 atom stereocenters. The number of para-hydroxylation sites is 2. The van der Waals surface area contributed by atoms with Crippen molar-refractivity contribution in [3.8, 4) is 0 Å². The summed E-state index contributed by atoms with van der Waals surface area (Å²) in [4.78, 5) is 12.3. The van der Waals surface area contributed by atoms with Gasteiger partial charge in [0.1, 0.15) is 0 Å². The van der Waals surface area contributed by atoms with Crippen LogP contribution in [0.25, 0.3) is 11.0 Å². The van der Waals surface area contributed by atoms with Crippen molar-refractivity contribution in [2.24, 2.45) is 0 Å². The Morgan fingerprint density at radius 1 is 1.25 bits per heavy atom. The summed E-state index contributed by atoms with van der Waals surface area (Å²) in [5.74, 6) is 1.18. The Bertz CT molecular complexity index is 756. The van der Waals surface area contributed by atoms with E-state index in [0.29, 0.717) is 11.6 Å². The second-order valence-electron chi connectivity index (χ2n) is 4.51. The van der Waals surface area contributed by atoms with E-state index in [0.717, 1.165) is 22.1 Å². The average molecular weight is 349 g/mol. The monoisotopic (exact) mass is 348 g/mol. The maximum atomic E-state index is 6.03. The highest BCUT2D eigenvalue weighted by Gasteiger charge is 2.11. The summed E-state index contributed by atoms with van der Waals surface area (Å²) in [6.07, 6.45) is 0. The van der Waals surface area contributed by atoms with Crippen LogP contribution in [0.5, 0.6) is 0 Å². The van der Waals surface area contributed by atoms with Crippen molar-refractivity contribution >= 4 is 49.9 Å². The zero-order chi connectivity index (χ0) is 14.1. The molecule has 0 amide bonds. The molecule has 2 heterocycles. The zero-order valence-electron chi connectivity index (χ0n) is 10.9. The maximum Gasteiger partial charge on any atom is 0.172 e. The molecule has 4 nitrogen and oxygen atoms in total. The normalized spacial score (nSPS) is 10.9. The van der Waals surface area contributed by atoms with Crippen LogP contribution in [0.3, 0.4) is 0 Å². The number of nitrogens with zero attached hydrogens (tertiary/aromatic N) is 3. The smallest absolute Gasteiger partial charge is 0.172 e. The Morgan fingerprint density at radius 2 is 1.95 bits per heavy atom. The summed E-state index contributed by atoms with van der Waals surface area (Å²) in [6, 6.07) is 9.85. The molecule has 0 unspecified atom stereocenters. The maximum absolute atomic E-state index is 6.03. The molecule has 3 aromatic rings. The Labute approximate surface area is 129 Å². The van der Waals surface area contributed by atoms with Crippen LogP contribution < -0.4 is 10.6 Å². The topological polar surface area (TPSA) is 55.0 Å². The molecule has 0 fully saturated rings. The van der Waals surface area contributed by atoms with E-state index in [-0.39, 0.29) is 0 Å². The lowest BCUT2D eigenvalue weighted by atomic mass is 10.3. The van der Waals surface area contributed by atoms with Gasteiger partial charge in [-0.1, -0.05) is 12.1 Å². The fourth-order valence-electron chi connectivity index (χ4n) is 2.03. The van der Waals surface area contributed by atoms with Crippen molar-refractivity contribution in [2.75, 3.05) is 17.7 Å². The molecular weight excluding hydrogens is 336 g/mol. The van der Waals surface area contributed by atoms with E-state index in [2.05, 4.69) is 37.3 Å². The molecule has 0 spiro atoms. The van der Waals surface area contributed by atoms with Crippen molar-refractivity contribution in [2.45, 2.75) is 6.54 Å². The van der Waals surface area contributed by atoms with Crippen molar-refractivity contribution in [3.05, 3.63) is 45.1 Å². The predicted octanol–water partition coefficient (Wildman–Crippen LogP) is 3.67. The molecule has 0 aliphatic rings. The van der Waals surface area contributed by atoms with Gasteiger partial charge in [-0.3, -0.25) is 0 Å². The number of anilines is 2. The summed E-state index contributed by atoms with van der Waals surface area (Å²) in [7, 11) is 1.97. The van der Waals surface area contributed by atoms with E-state index < -0.39 is 0 Å². The summed E-state index contributed by atoms with van der Waals surface area (Å²) >= 11 is 5.17. The van der Waals surface area contributed by atoms with Gasteiger partial charge in [-0.25, -0.2) is 9.97 Å². The lowest BCUT2D eigenvalue weighted by molar-refractivity contribution is 0.914. The van der Waals surface area contributed by atoms with Crippen LogP contribution >= 0.6 is 27.3 Å². The first-order chi connectivity index (χ1) is 9.63. The number of nitrogen functional groups attached to an aromatic ring is 1. The lowest BCUT2D eigenvalue weighted by Gasteiger charge is -2.18. The van der Waals surface area contributed by atoms with Gasteiger partial charge in [0.25, 0.3) is 0 Å². The minimum Gasteiger partial charge on any atom is -0.381 e. The summed E-state index contributed by atoms with van der Waals surface area (Å²) < 4.78 is 1.10. The van der Waals surface area contributed by atoms with Gasteiger partial charge in [0, 0.05) is 21.8 Å². The minimum absolute atomic E-state index is 0.460. The quantitative estimate of drug-likeness (QED) is 0.784. The van der Waals surface area contributed by atoms with E-state index in [9.17, 15) is 0 Å². The average Bonchev–Trinajstić information content (AvgIpc) is 2.83. The third-order valence-electron chi connectivity index (χ3n) is 2.95. The van der Waals surface area contributed by atoms with Gasteiger partial charge in [0.05, 0.1) is 17.6 Å². The van der Waals surface area contributed by atoms with Crippen LogP contribution in [0.2, 0.25) is 0 Å². The molecule has 3 rings (SSSR count). The van der Waals surface area contributed by atoms with Crippen LogP contribution in [0.4, 0.5) is 11.6 Å². The number of rotatable bonds is 3. The SMILES string of the molecule is CN(Cc1cc(Br)cs1)c1nc2ccccc2nc1N. The van der Waals surface area contributed by atoms with Crippen molar-refractivity contribution in [3.63, 3.8) is 0 Å². The molecule has 20 heavy (non-hydrogen) atoms. The molecule has 0 saturated carbocycles. The van der Waals surface area contributed by atoms with E-state index >= 15 is 0 Å². The summed E-state index contributed by atoms with van der Waals surface area (Å²) in [6.45, 7) is 0.757. The predicted molar refractivity (Wildman–Crippen MR) is 88.1 cm³/mol. The Kier molecular flexibility index (Phi) is 3.58. The number of fused-ring (bicyclic) bond motifs is 1. The van der Waals surface area contributed by atoms with Gasteiger partial charge >= 0.3 is 0 Å². The second-order valence-corrected chi connectivity index (χ2v) is 6.42. The fraction of sp³-hybridized carbons (Fsp3) is 0.143. The number of nitrogens with two attached hydrogens (primary N) is 1. The molecule has 102 valence electrons. The summed E-state index contributed by atoms with van der Waals surface area (Å²) in [5.41, 5.74) is 7.70. The number of halogens is 1. The van der Waals surface area contributed by atoms with Crippen LogP contribution in [0.1, 0.15) is 4.88 Å².